The summed E-state index contributed by atoms with van der Waals surface area (Å²) in [6.07, 6.45) is 0. The fourth-order valence-electron chi connectivity index (χ4n) is 0. The van der Waals surface area contributed by atoms with E-state index >= 15 is 0 Å². The Morgan fingerprint density at radius 1 is 1.67 bits per heavy atom. The van der Waals surface area contributed by atoms with Crippen molar-refractivity contribution < 1.29 is 0 Å². The van der Waals surface area contributed by atoms with E-state index in [1.807, 2.05) is 18.4 Å². The molecule has 1 unspecified atom stereocenters. The van der Waals surface area contributed by atoms with Gasteiger partial charge in [0, 0.05) is 28.0 Å². The third-order valence-electron chi connectivity index (χ3n) is 0.287. The molecule has 38 valence electrons. The molecule has 0 aliphatic carbocycles. The molecule has 1 atom stereocenters. The molecule has 0 aliphatic rings. The minimum atomic E-state index is 0.0194. The van der Waals surface area contributed by atoms with Crippen molar-refractivity contribution >= 4 is 39.2 Å². The zero-order valence-electron chi connectivity index (χ0n) is 3.64. The molecule has 0 rings (SSSR count). The highest BCUT2D eigenvalue weighted by Gasteiger charge is 1.84. The molecule has 0 saturated carbocycles. The van der Waals surface area contributed by atoms with Crippen molar-refractivity contribution in [3.8, 4) is 0 Å². The van der Waals surface area contributed by atoms with Gasteiger partial charge in [-0.3, -0.25) is 0 Å². The fraction of sp³-hybridized carbons (Fsp3) is 1.00. The molecule has 0 heterocycles. The summed E-state index contributed by atoms with van der Waals surface area (Å²) >= 11 is 7.04. The topological polar surface area (TPSA) is 3.24 Å². The van der Waals surface area contributed by atoms with Gasteiger partial charge in [0.1, 0.15) is 0 Å². The molecule has 0 bridgehead atoms. The van der Waals surface area contributed by atoms with E-state index < -0.39 is 0 Å². The van der Waals surface area contributed by atoms with Gasteiger partial charge in [-0.15, -0.1) is 0 Å². The molecular formula is C2H6INS2. The number of hydrogen-bond donors (Lipinski definition) is 0. The first-order chi connectivity index (χ1) is 2.64. The minimum absolute atomic E-state index is 0.0194. The zero-order valence-corrected chi connectivity index (χ0v) is 7.43. The largest absolute Gasteiger partial charge is 0.245 e. The zero-order chi connectivity index (χ0) is 5.15. The summed E-state index contributed by atoms with van der Waals surface area (Å²) in [6.45, 7) is 0.0194. The summed E-state index contributed by atoms with van der Waals surface area (Å²) in [6, 6.07) is 0. The number of halogens is 1. The van der Waals surface area contributed by atoms with Gasteiger partial charge in [-0.2, -0.15) is 0 Å². The van der Waals surface area contributed by atoms with Crippen LogP contribution in [0, 0.1) is 0 Å². The Bertz CT molecular complexity index is 62.6. The predicted octanol–water partition coefficient (Wildman–Crippen LogP) is 0.893. The third kappa shape index (κ3) is 3.45. The molecule has 6 heavy (non-hydrogen) atoms. The Hall–Kier alpha value is 1.26. The van der Waals surface area contributed by atoms with Gasteiger partial charge in [-0.25, -0.2) is 4.31 Å². The van der Waals surface area contributed by atoms with Crippen molar-refractivity contribution in [1.82, 2.24) is 4.31 Å². The van der Waals surface area contributed by atoms with Crippen LogP contribution < -0.4 is 0 Å². The summed E-state index contributed by atoms with van der Waals surface area (Å²) in [5.74, 6) is 0. The average molecular weight is 235 g/mol. The smallest absolute Gasteiger partial charge is 0.0184 e. The van der Waals surface area contributed by atoms with Crippen molar-refractivity contribution in [2.24, 2.45) is 0 Å². The van der Waals surface area contributed by atoms with Crippen molar-refractivity contribution in [3.05, 3.63) is 0 Å². The van der Waals surface area contributed by atoms with Crippen molar-refractivity contribution in [3.63, 3.8) is 0 Å². The van der Waals surface area contributed by atoms with Gasteiger partial charge < -0.3 is 0 Å². The van der Waals surface area contributed by atoms with Gasteiger partial charge in [0.15, 0.2) is 0 Å². The summed E-state index contributed by atoms with van der Waals surface area (Å²) in [4.78, 5) is 0. The summed E-state index contributed by atoms with van der Waals surface area (Å²) in [7, 11) is 3.95. The molecular weight excluding hydrogens is 229 g/mol. The highest BCUT2D eigenvalue weighted by Crippen LogP contribution is 1.95. The first-order valence-corrected chi connectivity index (χ1v) is 6.05. The van der Waals surface area contributed by atoms with Crippen LogP contribution in [0.4, 0.5) is 0 Å². The van der Waals surface area contributed by atoms with E-state index in [1.165, 1.54) is 0 Å². The second-order valence-corrected chi connectivity index (χ2v) is 7.41. The first-order valence-electron chi connectivity index (χ1n) is 1.40. The van der Waals surface area contributed by atoms with Crippen molar-refractivity contribution in [2.45, 2.75) is 0 Å². The Morgan fingerprint density at radius 2 is 1.83 bits per heavy atom. The lowest BCUT2D eigenvalue weighted by molar-refractivity contribution is 0.708. The van der Waals surface area contributed by atoms with Crippen LogP contribution in [0.5, 0.6) is 0 Å². The lowest BCUT2D eigenvalue weighted by atomic mass is 11.3. The molecule has 1 nitrogen and oxygen atoms in total. The molecule has 4 heteroatoms. The quantitative estimate of drug-likeness (QED) is 0.490. The Kier molecular flexibility index (Phi) is 3.98. The van der Waals surface area contributed by atoms with E-state index in [4.69, 9.17) is 11.2 Å². The van der Waals surface area contributed by atoms with E-state index in [1.54, 1.807) is 0 Å². The third-order valence-corrected chi connectivity index (χ3v) is 4.12. The van der Waals surface area contributed by atoms with Crippen LogP contribution in [0.15, 0.2) is 0 Å². The predicted molar refractivity (Wildman–Crippen MR) is 42.4 cm³/mol. The maximum atomic E-state index is 4.84. The maximum Gasteiger partial charge on any atom is 0.0184 e. The molecule has 0 saturated heterocycles. The number of rotatable bonds is 1. The number of nitrogens with zero attached hydrogens (tertiary/aromatic N) is 1. The van der Waals surface area contributed by atoms with Gasteiger partial charge in [0.2, 0.25) is 0 Å². The molecule has 0 aliphatic heterocycles. The van der Waals surface area contributed by atoms with Crippen LogP contribution in [0.3, 0.4) is 0 Å². The van der Waals surface area contributed by atoms with Gasteiger partial charge >= 0.3 is 0 Å². The van der Waals surface area contributed by atoms with E-state index in [-0.39, 0.29) is 6.81 Å². The van der Waals surface area contributed by atoms with E-state index in [0.29, 0.717) is 0 Å². The Morgan fingerprint density at radius 3 is 1.83 bits per heavy atom. The molecule has 0 N–H and O–H groups in total. The second-order valence-electron chi connectivity index (χ2n) is 1.02. The van der Waals surface area contributed by atoms with Gasteiger partial charge in [-0.1, -0.05) is 0 Å². The van der Waals surface area contributed by atoms with Gasteiger partial charge in [-0.05, 0) is 25.3 Å². The molecule has 0 spiro atoms. The summed E-state index contributed by atoms with van der Waals surface area (Å²) in [5.41, 5.74) is 0. The summed E-state index contributed by atoms with van der Waals surface area (Å²) < 4.78 is 2.00. The maximum absolute atomic E-state index is 4.84. The van der Waals surface area contributed by atoms with E-state index in [2.05, 4.69) is 21.2 Å². The van der Waals surface area contributed by atoms with E-state index in [0.717, 1.165) is 0 Å². The minimum Gasteiger partial charge on any atom is -0.245 e. The standard InChI is InChI=1S/C2H6INS2/c1-4(2)6(3)5/h1-2H3. The van der Waals surface area contributed by atoms with Crippen molar-refractivity contribution in [2.75, 3.05) is 14.1 Å². The van der Waals surface area contributed by atoms with Crippen LogP contribution in [0.2, 0.25) is 0 Å². The summed E-state index contributed by atoms with van der Waals surface area (Å²) in [5, 5.41) is 0. The molecule has 0 fully saturated rings. The molecule has 0 aromatic rings. The lowest BCUT2D eigenvalue weighted by Crippen LogP contribution is -2.07. The molecule has 0 aromatic carbocycles. The monoisotopic (exact) mass is 235 g/mol. The lowest BCUT2D eigenvalue weighted by Gasteiger charge is -2.02. The highest BCUT2D eigenvalue weighted by molar-refractivity contribution is 14.2. The Labute approximate surface area is 57.4 Å². The van der Waals surface area contributed by atoms with Crippen LogP contribution >= 0.6 is 21.2 Å². The molecule has 0 radical (unpaired) electrons. The van der Waals surface area contributed by atoms with Crippen LogP contribution in [-0.4, -0.2) is 18.4 Å². The molecule has 0 aromatic heterocycles. The van der Waals surface area contributed by atoms with E-state index in [9.17, 15) is 0 Å². The second kappa shape index (κ2) is 3.29. The van der Waals surface area contributed by atoms with Crippen LogP contribution in [-0.2, 0) is 18.0 Å². The normalized spacial score (nSPS) is 15.3. The highest BCUT2D eigenvalue weighted by atomic mass is 127. The van der Waals surface area contributed by atoms with Crippen LogP contribution in [0.25, 0.3) is 0 Å². The van der Waals surface area contributed by atoms with Gasteiger partial charge in [0.05, 0.1) is 0 Å². The first kappa shape index (κ1) is 7.26. The number of hydrogen-bond acceptors (Lipinski definition) is 1. The molecule has 0 amide bonds. The SMILES string of the molecule is CN(C)S(=S)I. The van der Waals surface area contributed by atoms with Crippen molar-refractivity contribution in [1.29, 1.82) is 0 Å². The Balaban J connectivity index is 3.26. The average Bonchev–Trinajstić information content (AvgIpc) is 1.36. The van der Waals surface area contributed by atoms with Gasteiger partial charge in [0.25, 0.3) is 0 Å². The van der Waals surface area contributed by atoms with Crippen LogP contribution in [0.1, 0.15) is 0 Å². The fourth-order valence-corrected chi connectivity index (χ4v) is 0.